The lowest BCUT2D eigenvalue weighted by Gasteiger charge is -2.17. The first-order chi connectivity index (χ1) is 12.6. The number of benzene rings is 1. The van der Waals surface area contributed by atoms with Crippen LogP contribution in [0.15, 0.2) is 36.9 Å². The molecule has 0 bridgehead atoms. The van der Waals surface area contributed by atoms with Crippen LogP contribution in [0, 0.1) is 0 Å². The topological polar surface area (TPSA) is 86.1 Å². The van der Waals surface area contributed by atoms with Gasteiger partial charge in [0.25, 0.3) is 5.91 Å². The van der Waals surface area contributed by atoms with Crippen LogP contribution in [0.1, 0.15) is 23.1 Å². The number of fused-ring (bicyclic) bond motifs is 1. The van der Waals surface area contributed by atoms with E-state index in [0.29, 0.717) is 23.6 Å². The highest BCUT2D eigenvalue weighted by atomic mass is 35.5. The fourth-order valence-electron chi connectivity index (χ4n) is 2.30. The third kappa shape index (κ3) is 4.39. The molecule has 3 aromatic rings. The van der Waals surface area contributed by atoms with Crippen molar-refractivity contribution in [1.82, 2.24) is 19.9 Å². The zero-order valence-electron chi connectivity index (χ0n) is 14.0. The van der Waals surface area contributed by atoms with Gasteiger partial charge in [0.1, 0.15) is 6.04 Å². The highest BCUT2D eigenvalue weighted by molar-refractivity contribution is 7.20. The zero-order chi connectivity index (χ0) is 18.5. The van der Waals surface area contributed by atoms with Crippen molar-refractivity contribution in [3.8, 4) is 0 Å². The second-order valence-electron chi connectivity index (χ2n) is 5.58. The molecule has 7 nitrogen and oxygen atoms in total. The number of nitrogens with one attached hydrogen (secondary N) is 1. The normalized spacial score (nSPS) is 12.1. The quantitative estimate of drug-likeness (QED) is 0.625. The van der Waals surface area contributed by atoms with Gasteiger partial charge in [-0.2, -0.15) is 0 Å². The number of halogens is 1. The van der Waals surface area contributed by atoms with E-state index < -0.39 is 17.9 Å². The highest BCUT2D eigenvalue weighted by Gasteiger charge is 2.25. The van der Waals surface area contributed by atoms with Gasteiger partial charge in [0.15, 0.2) is 5.01 Å². The number of rotatable bonds is 7. The second-order valence-corrected chi connectivity index (χ2v) is 7.05. The summed E-state index contributed by atoms with van der Waals surface area (Å²) in [6.07, 6.45) is 5.60. The first-order valence-corrected chi connectivity index (χ1v) is 9.25. The van der Waals surface area contributed by atoms with Crippen molar-refractivity contribution in [3.05, 3.63) is 47.0 Å². The van der Waals surface area contributed by atoms with Gasteiger partial charge in [-0.25, -0.2) is 14.8 Å². The predicted octanol–water partition coefficient (Wildman–Crippen LogP) is 2.90. The van der Waals surface area contributed by atoms with Crippen molar-refractivity contribution in [1.29, 1.82) is 0 Å². The van der Waals surface area contributed by atoms with Crippen LogP contribution in [0.2, 0.25) is 5.02 Å². The number of carbonyl (C=O) groups excluding carboxylic acids is 2. The van der Waals surface area contributed by atoms with E-state index in [-0.39, 0.29) is 11.6 Å². The molecule has 3 rings (SSSR count). The van der Waals surface area contributed by atoms with E-state index in [1.165, 1.54) is 11.3 Å². The van der Waals surface area contributed by atoms with Crippen LogP contribution >= 0.6 is 22.9 Å². The van der Waals surface area contributed by atoms with Crippen LogP contribution in [-0.2, 0) is 16.1 Å². The average Bonchev–Trinajstić information content (AvgIpc) is 3.27. The van der Waals surface area contributed by atoms with E-state index in [4.69, 9.17) is 16.3 Å². The van der Waals surface area contributed by atoms with Crippen LogP contribution < -0.4 is 5.32 Å². The van der Waals surface area contributed by atoms with E-state index in [9.17, 15) is 9.59 Å². The summed E-state index contributed by atoms with van der Waals surface area (Å²) < 4.78 is 7.70. The fraction of sp³-hybridized carbons (Fsp3) is 0.294. The average molecular weight is 393 g/mol. The number of hydrogen-bond donors (Lipinski definition) is 1. The van der Waals surface area contributed by atoms with E-state index in [0.717, 1.165) is 4.70 Å². The van der Waals surface area contributed by atoms with Gasteiger partial charge in [0.05, 0.1) is 29.7 Å². The number of carbonyl (C=O) groups is 2. The molecule has 2 heterocycles. The maximum Gasteiger partial charge on any atom is 0.330 e. The number of ether oxygens (including phenoxy) is 1. The summed E-state index contributed by atoms with van der Waals surface area (Å²) in [4.78, 5) is 33.1. The lowest BCUT2D eigenvalue weighted by atomic mass is 10.3. The third-order valence-electron chi connectivity index (χ3n) is 3.54. The predicted molar refractivity (Wildman–Crippen MR) is 99.4 cm³/mol. The minimum absolute atomic E-state index is 0.227. The van der Waals surface area contributed by atoms with Crippen LogP contribution in [-0.4, -0.2) is 39.1 Å². The second kappa shape index (κ2) is 8.29. The van der Waals surface area contributed by atoms with Crippen molar-refractivity contribution in [2.45, 2.75) is 25.9 Å². The number of nitrogens with zero attached hydrogens (tertiary/aromatic N) is 3. The summed E-state index contributed by atoms with van der Waals surface area (Å²) >= 11 is 7.19. The molecular weight excluding hydrogens is 376 g/mol. The van der Waals surface area contributed by atoms with Crippen LogP contribution in [0.3, 0.4) is 0 Å². The summed E-state index contributed by atoms with van der Waals surface area (Å²) in [5.41, 5.74) is 0.685. The molecule has 2 aromatic heterocycles. The molecule has 1 amide bonds. The van der Waals surface area contributed by atoms with Crippen LogP contribution in [0.5, 0.6) is 0 Å². The molecule has 0 saturated carbocycles. The first-order valence-electron chi connectivity index (χ1n) is 8.06. The summed E-state index contributed by atoms with van der Waals surface area (Å²) in [7, 11) is 0. The Hall–Kier alpha value is -2.45. The Bertz CT molecular complexity index is 910. The number of imidazole rings is 1. The molecule has 26 heavy (non-hydrogen) atoms. The molecule has 1 N–H and O–H groups in total. The van der Waals surface area contributed by atoms with Gasteiger partial charge < -0.3 is 14.6 Å². The van der Waals surface area contributed by atoms with Crippen molar-refractivity contribution in [2.75, 3.05) is 6.61 Å². The first kappa shape index (κ1) is 18.3. The molecule has 0 fully saturated rings. The number of amides is 1. The van der Waals surface area contributed by atoms with Gasteiger partial charge in [-0.15, -0.1) is 11.3 Å². The maximum atomic E-state index is 12.6. The van der Waals surface area contributed by atoms with E-state index in [1.807, 2.05) is 6.92 Å². The minimum atomic E-state index is -0.834. The van der Waals surface area contributed by atoms with Gasteiger partial charge in [-0.05, 0) is 24.6 Å². The van der Waals surface area contributed by atoms with Crippen molar-refractivity contribution in [2.24, 2.45) is 0 Å². The Morgan fingerprint density at radius 3 is 3.00 bits per heavy atom. The molecule has 136 valence electrons. The van der Waals surface area contributed by atoms with E-state index in [2.05, 4.69) is 15.3 Å². The Balaban J connectivity index is 1.77. The summed E-state index contributed by atoms with van der Waals surface area (Å²) in [6, 6.07) is 4.39. The van der Waals surface area contributed by atoms with E-state index >= 15 is 0 Å². The molecule has 1 aromatic carbocycles. The number of esters is 1. The van der Waals surface area contributed by atoms with Crippen LogP contribution in [0.25, 0.3) is 10.2 Å². The summed E-state index contributed by atoms with van der Waals surface area (Å²) in [5, 5.41) is 3.55. The smallest absolute Gasteiger partial charge is 0.330 e. The zero-order valence-corrected chi connectivity index (χ0v) is 15.6. The van der Waals surface area contributed by atoms with Gasteiger partial charge >= 0.3 is 5.97 Å². The van der Waals surface area contributed by atoms with Crippen molar-refractivity contribution >= 4 is 45.0 Å². The lowest BCUT2D eigenvalue weighted by Crippen LogP contribution is -2.44. The third-order valence-corrected chi connectivity index (χ3v) is 4.79. The number of aromatic nitrogens is 3. The van der Waals surface area contributed by atoms with Gasteiger partial charge in [-0.1, -0.05) is 18.5 Å². The van der Waals surface area contributed by atoms with Gasteiger partial charge in [0.2, 0.25) is 0 Å². The molecule has 0 aliphatic carbocycles. The molecular formula is C17H17ClN4O3S. The molecule has 0 spiro atoms. The standard InChI is InChI=1S/C17H17ClN4O3S/c1-2-7-25-17(24)13(9-22-6-5-19-10-22)20-15(23)16-21-12-4-3-11(18)8-14(12)26-16/h3-6,8,10,13H,2,7,9H2,1H3,(H,20,23)/t13-/m0/s1. The largest absolute Gasteiger partial charge is 0.464 e. The SMILES string of the molecule is CCCOC(=O)[C@H](Cn1ccnc1)NC(=O)c1nc2ccc(Cl)cc2s1. The summed E-state index contributed by atoms with van der Waals surface area (Å²) in [6.45, 7) is 2.43. The Kier molecular flexibility index (Phi) is 5.85. The van der Waals surface area contributed by atoms with Crippen molar-refractivity contribution in [3.63, 3.8) is 0 Å². The Morgan fingerprint density at radius 2 is 2.27 bits per heavy atom. The molecule has 1 atom stereocenters. The molecule has 0 radical (unpaired) electrons. The Morgan fingerprint density at radius 1 is 1.42 bits per heavy atom. The highest BCUT2D eigenvalue weighted by Crippen LogP contribution is 2.25. The molecule has 0 saturated heterocycles. The van der Waals surface area contributed by atoms with Crippen molar-refractivity contribution < 1.29 is 14.3 Å². The molecule has 0 aliphatic heterocycles. The molecule has 0 unspecified atom stereocenters. The van der Waals surface area contributed by atoms with E-state index in [1.54, 1.807) is 41.5 Å². The van der Waals surface area contributed by atoms with Gasteiger partial charge in [-0.3, -0.25) is 4.79 Å². The number of hydrogen-bond acceptors (Lipinski definition) is 6. The molecule has 0 aliphatic rings. The fourth-order valence-corrected chi connectivity index (χ4v) is 3.45. The molecule has 9 heteroatoms. The van der Waals surface area contributed by atoms with Crippen LogP contribution in [0.4, 0.5) is 0 Å². The van der Waals surface area contributed by atoms with Gasteiger partial charge in [0, 0.05) is 17.4 Å². The maximum absolute atomic E-state index is 12.6. The monoisotopic (exact) mass is 392 g/mol. The number of thiazole rings is 1. The Labute approximate surface area is 159 Å². The lowest BCUT2D eigenvalue weighted by molar-refractivity contribution is -0.146. The summed E-state index contributed by atoms with van der Waals surface area (Å²) in [5.74, 6) is -0.918. The minimum Gasteiger partial charge on any atom is -0.464 e.